The van der Waals surface area contributed by atoms with E-state index in [9.17, 15) is 13.2 Å². The lowest BCUT2D eigenvalue weighted by molar-refractivity contribution is -0.115. The summed E-state index contributed by atoms with van der Waals surface area (Å²) in [5.41, 5.74) is 2.81. The normalized spacial score (nSPS) is 14.5. The third-order valence-electron chi connectivity index (χ3n) is 5.11. The molecule has 0 aromatic heterocycles. The number of nitrogens with zero attached hydrogens (tertiary/aromatic N) is 3. The van der Waals surface area contributed by atoms with Crippen LogP contribution in [0.15, 0.2) is 45.7 Å². The summed E-state index contributed by atoms with van der Waals surface area (Å²) >= 11 is 6.16. The zero-order chi connectivity index (χ0) is 22.6. The van der Waals surface area contributed by atoms with E-state index in [1.165, 1.54) is 12.4 Å². The van der Waals surface area contributed by atoms with E-state index in [0.29, 0.717) is 29.2 Å². The van der Waals surface area contributed by atoms with Gasteiger partial charge in [-0.2, -0.15) is 8.42 Å². The Bertz CT molecular complexity index is 1100. The highest BCUT2D eigenvalue weighted by Gasteiger charge is 2.26. The maximum Gasteiger partial charge on any atom is 0.284 e. The molecular weight excluding hydrogens is 436 g/mol. The van der Waals surface area contributed by atoms with E-state index in [1.807, 2.05) is 12.1 Å². The maximum absolute atomic E-state index is 13.0. The molecule has 0 spiro atoms. The Balaban J connectivity index is 1.95. The fourth-order valence-electron chi connectivity index (χ4n) is 3.52. The smallest absolute Gasteiger partial charge is 0.284 e. The number of nitrogens with one attached hydrogen (secondary N) is 1. The minimum absolute atomic E-state index is 0.0959. The number of anilines is 1. The van der Waals surface area contributed by atoms with E-state index < -0.39 is 10.0 Å². The molecular formula is C22H27ClN4O3S. The van der Waals surface area contributed by atoms with Gasteiger partial charge < -0.3 is 10.2 Å². The molecule has 0 aliphatic carbocycles. The van der Waals surface area contributed by atoms with Gasteiger partial charge in [-0.05, 0) is 47.9 Å². The van der Waals surface area contributed by atoms with Crippen LogP contribution < -0.4 is 5.32 Å². The zero-order valence-corrected chi connectivity index (χ0v) is 19.5. The van der Waals surface area contributed by atoms with Gasteiger partial charge in [0.1, 0.15) is 6.34 Å². The number of benzene rings is 2. The quantitative estimate of drug-likeness (QED) is 0.504. The van der Waals surface area contributed by atoms with Gasteiger partial charge in [0.15, 0.2) is 0 Å². The van der Waals surface area contributed by atoms with E-state index in [2.05, 4.69) is 21.5 Å². The first-order valence-electron chi connectivity index (χ1n) is 10.1. The average Bonchev–Trinajstić information content (AvgIpc) is 2.73. The molecule has 31 heavy (non-hydrogen) atoms. The van der Waals surface area contributed by atoms with Crippen molar-refractivity contribution in [1.29, 1.82) is 0 Å². The molecule has 1 aliphatic heterocycles. The molecule has 0 atom stereocenters. The number of sulfonamides is 1. The van der Waals surface area contributed by atoms with Gasteiger partial charge in [-0.25, -0.2) is 0 Å². The Kier molecular flexibility index (Phi) is 7.35. The molecule has 0 fully saturated rings. The highest BCUT2D eigenvalue weighted by atomic mass is 35.5. The largest absolute Gasteiger partial charge is 0.368 e. The molecule has 9 heteroatoms. The predicted molar refractivity (Wildman–Crippen MR) is 124 cm³/mol. The first-order chi connectivity index (χ1) is 14.7. The molecule has 2 aromatic rings. The summed E-state index contributed by atoms with van der Waals surface area (Å²) in [6.07, 6.45) is 1.98. The summed E-state index contributed by atoms with van der Waals surface area (Å²) in [6.45, 7) is 4.34. The Hall–Kier alpha value is -2.42. The fourth-order valence-corrected chi connectivity index (χ4v) is 4.97. The fraction of sp³-hybridized carbons (Fsp3) is 0.364. The molecule has 3 rings (SSSR count). The summed E-state index contributed by atoms with van der Waals surface area (Å²) < 4.78 is 29.7. The predicted octanol–water partition coefficient (Wildman–Crippen LogP) is 3.18. The minimum Gasteiger partial charge on any atom is -0.368 e. The summed E-state index contributed by atoms with van der Waals surface area (Å²) in [6, 6.07) is 10.5. The topological polar surface area (TPSA) is 82.1 Å². The molecule has 1 N–H and O–H groups in total. The van der Waals surface area contributed by atoms with Crippen molar-refractivity contribution < 1.29 is 13.2 Å². The monoisotopic (exact) mass is 462 g/mol. The van der Waals surface area contributed by atoms with E-state index >= 15 is 0 Å². The molecule has 1 heterocycles. The summed E-state index contributed by atoms with van der Waals surface area (Å²) in [7, 11) is -0.493. The van der Waals surface area contributed by atoms with Crippen molar-refractivity contribution in [2.24, 2.45) is 4.40 Å². The van der Waals surface area contributed by atoms with Crippen LogP contribution in [0.4, 0.5) is 5.69 Å². The molecule has 1 aliphatic rings. The second kappa shape index (κ2) is 9.80. The Morgan fingerprint density at radius 1 is 1.29 bits per heavy atom. The van der Waals surface area contributed by atoms with Gasteiger partial charge in [-0.1, -0.05) is 36.7 Å². The number of carbonyl (C=O) groups excluding carboxylic acids is 1. The second-order valence-electron chi connectivity index (χ2n) is 7.71. The van der Waals surface area contributed by atoms with Crippen LogP contribution in [0.5, 0.6) is 0 Å². The van der Waals surface area contributed by atoms with Gasteiger partial charge >= 0.3 is 0 Å². The molecule has 0 unspecified atom stereocenters. The number of halogens is 1. The molecule has 7 nitrogen and oxygen atoms in total. The number of amides is 1. The second-order valence-corrected chi connectivity index (χ2v) is 9.71. The van der Waals surface area contributed by atoms with Gasteiger partial charge in [-0.3, -0.25) is 9.69 Å². The number of hydrogen-bond donors (Lipinski definition) is 1. The number of hydrogen-bond acceptors (Lipinski definition) is 4. The van der Waals surface area contributed by atoms with Crippen molar-refractivity contribution in [3.63, 3.8) is 0 Å². The van der Waals surface area contributed by atoms with Crippen LogP contribution in [0.1, 0.15) is 23.6 Å². The third-order valence-corrected chi connectivity index (χ3v) is 6.77. The lowest BCUT2D eigenvalue weighted by atomic mass is 9.98. The van der Waals surface area contributed by atoms with Crippen LogP contribution in [0.2, 0.25) is 5.02 Å². The van der Waals surface area contributed by atoms with E-state index in [-0.39, 0.29) is 17.2 Å². The standard InChI is InChI=1S/C22H27ClN4O3S/c1-4-27-10-9-19-17(14-27)11-18(13-21(19)31(29,30)24-15-26(2)3)25-22(28)12-16-7-5-6-8-20(16)23/h5-8,11,13,15H,4,9-10,12,14H2,1-3H3,(H,25,28). The minimum atomic E-state index is -3.91. The van der Waals surface area contributed by atoms with Crippen molar-refractivity contribution in [3.05, 3.63) is 58.1 Å². The summed E-state index contributed by atoms with van der Waals surface area (Å²) in [4.78, 5) is 16.6. The Morgan fingerprint density at radius 2 is 2.03 bits per heavy atom. The third kappa shape index (κ3) is 5.84. The SMILES string of the molecule is CCN1CCc2c(cc(NC(=O)Cc3ccccc3Cl)cc2S(=O)(=O)N=CN(C)C)C1. The molecule has 0 radical (unpaired) electrons. The van der Waals surface area contributed by atoms with E-state index in [1.54, 1.807) is 37.2 Å². The van der Waals surface area contributed by atoms with Crippen LogP contribution in [0.3, 0.4) is 0 Å². The average molecular weight is 463 g/mol. The maximum atomic E-state index is 13.0. The van der Waals surface area contributed by atoms with Gasteiger partial charge in [0.2, 0.25) is 5.91 Å². The van der Waals surface area contributed by atoms with Crippen LogP contribution in [0, 0.1) is 0 Å². The van der Waals surface area contributed by atoms with Gasteiger partial charge in [0.05, 0.1) is 11.3 Å². The number of rotatable bonds is 7. The van der Waals surface area contributed by atoms with Gasteiger partial charge in [0.25, 0.3) is 10.0 Å². The van der Waals surface area contributed by atoms with E-state index in [0.717, 1.165) is 24.2 Å². The molecule has 0 bridgehead atoms. The number of likely N-dealkylation sites (N-methyl/N-ethyl adjacent to an activating group) is 1. The van der Waals surface area contributed by atoms with Gasteiger partial charge in [-0.15, -0.1) is 4.40 Å². The Morgan fingerprint density at radius 3 is 2.71 bits per heavy atom. The van der Waals surface area contributed by atoms with Crippen molar-refractivity contribution in [3.8, 4) is 0 Å². The molecule has 1 amide bonds. The van der Waals surface area contributed by atoms with Crippen LogP contribution >= 0.6 is 11.6 Å². The molecule has 166 valence electrons. The first-order valence-corrected chi connectivity index (χ1v) is 11.9. The van der Waals surface area contributed by atoms with Crippen molar-refractivity contribution >= 4 is 39.6 Å². The highest BCUT2D eigenvalue weighted by Crippen LogP contribution is 2.31. The molecule has 0 saturated heterocycles. The highest BCUT2D eigenvalue weighted by molar-refractivity contribution is 7.90. The number of fused-ring (bicyclic) bond motifs is 1. The van der Waals surface area contributed by atoms with Crippen LogP contribution in [-0.2, 0) is 34.2 Å². The van der Waals surface area contributed by atoms with Crippen molar-refractivity contribution in [1.82, 2.24) is 9.80 Å². The Labute approximate surface area is 188 Å². The molecule has 2 aromatic carbocycles. The molecule has 0 saturated carbocycles. The summed E-state index contributed by atoms with van der Waals surface area (Å²) in [5, 5.41) is 3.35. The lowest BCUT2D eigenvalue weighted by Crippen LogP contribution is -2.31. The number of carbonyl (C=O) groups is 1. The van der Waals surface area contributed by atoms with Crippen LogP contribution in [0.25, 0.3) is 0 Å². The van der Waals surface area contributed by atoms with Crippen molar-refractivity contribution in [2.45, 2.75) is 31.2 Å². The summed E-state index contributed by atoms with van der Waals surface area (Å²) in [5.74, 6) is -0.267. The first kappa shape index (κ1) is 23.2. The van der Waals surface area contributed by atoms with Gasteiger partial charge in [0, 0.05) is 37.9 Å². The van der Waals surface area contributed by atoms with Crippen LogP contribution in [-0.4, -0.2) is 57.6 Å². The zero-order valence-electron chi connectivity index (χ0n) is 17.9. The van der Waals surface area contributed by atoms with E-state index in [4.69, 9.17) is 11.6 Å². The lowest BCUT2D eigenvalue weighted by Gasteiger charge is -2.29. The van der Waals surface area contributed by atoms with Crippen molar-refractivity contribution in [2.75, 3.05) is 32.5 Å².